The minimum Gasteiger partial charge on any atom is -0.507 e. The number of fused-ring (bicyclic) bond motifs is 5. The molecule has 0 saturated carbocycles. The highest BCUT2D eigenvalue weighted by Gasteiger charge is 2.43. The van der Waals surface area contributed by atoms with Crippen molar-refractivity contribution in [2.24, 2.45) is 0 Å². The lowest BCUT2D eigenvalue weighted by atomic mass is 9.88. The number of hydrogen-bond acceptors (Lipinski definition) is 9. The second kappa shape index (κ2) is 8.39. The van der Waals surface area contributed by atoms with Crippen LogP contribution in [0.5, 0.6) is 17.2 Å². The second-order valence-corrected chi connectivity index (χ2v) is 8.89. The fraction of sp³-hybridized carbons (Fsp3) is 0.346. The van der Waals surface area contributed by atoms with E-state index < -0.39 is 36.1 Å². The van der Waals surface area contributed by atoms with E-state index in [0.29, 0.717) is 33.2 Å². The predicted molar refractivity (Wildman–Crippen MR) is 128 cm³/mol. The monoisotopic (exact) mass is 482 g/mol. The van der Waals surface area contributed by atoms with Crippen molar-refractivity contribution in [3.63, 3.8) is 0 Å². The standard InChI is InChI=1S/C26H26O9/c1-10-7-14-18(16(8-10)32-3)13-9-17(33-4)20-15(27)6-5-12(19(20)24(13)35-26(14)31)25-23(30)22(29)21(28)11(2)34-25/h5-9,11,21-23,25,27-30H,1-4H3/t11-,21+,22+,23-,25?/m1/s1. The summed E-state index contributed by atoms with van der Waals surface area (Å²) in [5, 5.41) is 44.0. The molecule has 1 aromatic heterocycles. The van der Waals surface area contributed by atoms with Crippen LogP contribution < -0.4 is 15.1 Å². The average molecular weight is 482 g/mol. The van der Waals surface area contributed by atoms with Crippen molar-refractivity contribution in [3.8, 4) is 17.2 Å². The largest absolute Gasteiger partial charge is 0.507 e. The molecule has 0 aliphatic carbocycles. The molecule has 5 atom stereocenters. The van der Waals surface area contributed by atoms with Crippen molar-refractivity contribution in [1.29, 1.82) is 0 Å². The van der Waals surface area contributed by atoms with Crippen LogP contribution in [0.1, 0.15) is 24.2 Å². The summed E-state index contributed by atoms with van der Waals surface area (Å²) >= 11 is 0. The van der Waals surface area contributed by atoms with Gasteiger partial charge >= 0.3 is 5.63 Å². The van der Waals surface area contributed by atoms with Gasteiger partial charge < -0.3 is 39.1 Å². The van der Waals surface area contributed by atoms with Gasteiger partial charge in [0.2, 0.25) is 0 Å². The van der Waals surface area contributed by atoms with Gasteiger partial charge in [-0.2, -0.15) is 0 Å². The maximum Gasteiger partial charge on any atom is 0.344 e. The Bertz CT molecular complexity index is 1520. The lowest BCUT2D eigenvalue weighted by Gasteiger charge is -2.40. The topological polar surface area (TPSA) is 139 Å². The molecule has 0 radical (unpaired) electrons. The average Bonchev–Trinajstić information content (AvgIpc) is 2.84. The third-order valence-electron chi connectivity index (χ3n) is 6.74. The maximum absolute atomic E-state index is 13.1. The molecule has 0 bridgehead atoms. The summed E-state index contributed by atoms with van der Waals surface area (Å²) in [4.78, 5) is 13.1. The molecule has 184 valence electrons. The Balaban J connectivity index is 1.97. The van der Waals surface area contributed by atoms with Crippen LogP contribution in [0.25, 0.3) is 32.5 Å². The van der Waals surface area contributed by atoms with Gasteiger partial charge in [-0.15, -0.1) is 0 Å². The number of ether oxygens (including phenoxy) is 3. The number of hydrogen-bond donors (Lipinski definition) is 4. The number of benzene rings is 3. The maximum atomic E-state index is 13.1. The van der Waals surface area contributed by atoms with Gasteiger partial charge in [-0.3, -0.25) is 0 Å². The first-order valence-electron chi connectivity index (χ1n) is 11.1. The third kappa shape index (κ3) is 3.42. The molecule has 1 aliphatic rings. The summed E-state index contributed by atoms with van der Waals surface area (Å²) in [6.07, 6.45) is -6.14. The van der Waals surface area contributed by atoms with Gasteiger partial charge in [0.05, 0.1) is 31.1 Å². The van der Waals surface area contributed by atoms with Gasteiger partial charge in [0.15, 0.2) is 0 Å². The smallest absolute Gasteiger partial charge is 0.344 e. The molecule has 9 nitrogen and oxygen atoms in total. The molecule has 35 heavy (non-hydrogen) atoms. The Kier molecular flexibility index (Phi) is 5.60. The van der Waals surface area contributed by atoms with Crippen LogP contribution >= 0.6 is 0 Å². The van der Waals surface area contributed by atoms with E-state index in [2.05, 4.69) is 0 Å². The molecule has 4 aromatic rings. The van der Waals surface area contributed by atoms with E-state index in [-0.39, 0.29) is 22.1 Å². The van der Waals surface area contributed by atoms with E-state index >= 15 is 0 Å². The quantitative estimate of drug-likeness (QED) is 0.256. The zero-order valence-electron chi connectivity index (χ0n) is 19.6. The van der Waals surface area contributed by atoms with Gasteiger partial charge in [0.25, 0.3) is 0 Å². The highest BCUT2D eigenvalue weighted by atomic mass is 16.5. The molecule has 1 fully saturated rings. The predicted octanol–water partition coefficient (Wildman–Crippen LogP) is 2.67. The summed E-state index contributed by atoms with van der Waals surface area (Å²) in [6, 6.07) is 8.10. The number of aryl methyl sites for hydroxylation is 1. The van der Waals surface area contributed by atoms with Gasteiger partial charge in [-0.25, -0.2) is 4.79 Å². The second-order valence-electron chi connectivity index (χ2n) is 8.89. The van der Waals surface area contributed by atoms with E-state index in [1.807, 2.05) is 6.92 Å². The molecular formula is C26H26O9. The Morgan fingerprint density at radius 2 is 1.54 bits per heavy atom. The van der Waals surface area contributed by atoms with Crippen LogP contribution in [0.15, 0.2) is 39.5 Å². The fourth-order valence-electron chi connectivity index (χ4n) is 5.00. The molecule has 5 rings (SSSR count). The number of aliphatic hydroxyl groups is 3. The van der Waals surface area contributed by atoms with E-state index in [4.69, 9.17) is 18.6 Å². The van der Waals surface area contributed by atoms with Crippen LogP contribution in [0, 0.1) is 6.92 Å². The molecule has 0 spiro atoms. The molecule has 1 aliphatic heterocycles. The van der Waals surface area contributed by atoms with Gasteiger partial charge in [-0.1, -0.05) is 6.07 Å². The van der Waals surface area contributed by atoms with Gasteiger partial charge in [-0.05, 0) is 49.2 Å². The van der Waals surface area contributed by atoms with E-state index in [9.17, 15) is 25.2 Å². The van der Waals surface area contributed by atoms with E-state index in [0.717, 1.165) is 5.56 Å². The Morgan fingerprint density at radius 1 is 0.857 bits per heavy atom. The Labute approximate surface area is 199 Å². The molecule has 9 heteroatoms. The summed E-state index contributed by atoms with van der Waals surface area (Å²) in [5.41, 5.74) is 0.688. The number of aliphatic hydroxyl groups excluding tert-OH is 3. The van der Waals surface area contributed by atoms with Crippen LogP contribution in [0.4, 0.5) is 0 Å². The number of aromatic hydroxyl groups is 1. The first-order valence-corrected chi connectivity index (χ1v) is 11.1. The highest BCUT2D eigenvalue weighted by Crippen LogP contribution is 2.46. The van der Waals surface area contributed by atoms with Gasteiger partial charge in [0, 0.05) is 16.2 Å². The Morgan fingerprint density at radius 3 is 2.23 bits per heavy atom. The van der Waals surface area contributed by atoms with Crippen LogP contribution in [0.2, 0.25) is 0 Å². The SMILES string of the molecule is COc1cc2c(oc(=O)c3cc(C)cc(OC)c32)c2c(C3O[C@H](C)[C@H](O)[C@H](O)[C@H]3O)ccc(O)c12. The summed E-state index contributed by atoms with van der Waals surface area (Å²) in [5.74, 6) is 0.616. The van der Waals surface area contributed by atoms with Crippen molar-refractivity contribution in [3.05, 3.63) is 51.9 Å². The third-order valence-corrected chi connectivity index (χ3v) is 6.74. The van der Waals surface area contributed by atoms with E-state index in [1.165, 1.54) is 26.4 Å². The molecule has 2 heterocycles. The zero-order valence-corrected chi connectivity index (χ0v) is 19.6. The number of phenols is 1. The summed E-state index contributed by atoms with van der Waals surface area (Å²) in [6.45, 7) is 3.42. The number of rotatable bonds is 3. The molecule has 4 N–H and O–H groups in total. The van der Waals surface area contributed by atoms with Crippen molar-refractivity contribution in [2.75, 3.05) is 14.2 Å². The first-order chi connectivity index (χ1) is 16.7. The molecule has 1 saturated heterocycles. The minimum atomic E-state index is -1.49. The van der Waals surface area contributed by atoms with Crippen LogP contribution in [-0.2, 0) is 4.74 Å². The normalized spacial score (nSPS) is 24.8. The van der Waals surface area contributed by atoms with Crippen molar-refractivity contribution in [2.45, 2.75) is 44.4 Å². The lowest BCUT2D eigenvalue weighted by molar-refractivity contribution is -0.219. The minimum absolute atomic E-state index is 0.135. The zero-order chi connectivity index (χ0) is 25.2. The summed E-state index contributed by atoms with van der Waals surface area (Å²) in [7, 11) is 2.95. The number of methoxy groups -OCH3 is 2. The Hall–Kier alpha value is -3.37. The van der Waals surface area contributed by atoms with Crippen molar-refractivity contribution < 1.29 is 39.1 Å². The van der Waals surface area contributed by atoms with Crippen LogP contribution in [-0.4, -0.2) is 59.1 Å². The molecule has 1 unspecified atom stereocenters. The van der Waals surface area contributed by atoms with Crippen LogP contribution in [0.3, 0.4) is 0 Å². The lowest BCUT2D eigenvalue weighted by Crippen LogP contribution is -2.53. The number of phenolic OH excluding ortho intramolecular Hbond substituents is 1. The van der Waals surface area contributed by atoms with E-state index in [1.54, 1.807) is 25.1 Å². The highest BCUT2D eigenvalue weighted by molar-refractivity contribution is 6.19. The molecular weight excluding hydrogens is 456 g/mol. The molecule has 3 aromatic carbocycles. The first kappa shape index (κ1) is 23.4. The van der Waals surface area contributed by atoms with Crippen molar-refractivity contribution >= 4 is 32.5 Å². The van der Waals surface area contributed by atoms with Crippen molar-refractivity contribution in [1.82, 2.24) is 0 Å². The summed E-state index contributed by atoms with van der Waals surface area (Å²) < 4.78 is 22.9. The fourth-order valence-corrected chi connectivity index (χ4v) is 5.00. The van der Waals surface area contributed by atoms with Gasteiger partial charge in [0.1, 0.15) is 47.2 Å². The molecule has 0 amide bonds.